The van der Waals surface area contributed by atoms with Crippen molar-refractivity contribution >= 4 is 29.1 Å². The van der Waals surface area contributed by atoms with Gasteiger partial charge in [0.15, 0.2) is 0 Å². The van der Waals surface area contributed by atoms with Crippen molar-refractivity contribution in [3.63, 3.8) is 0 Å². The van der Waals surface area contributed by atoms with E-state index in [4.69, 9.17) is 23.2 Å². The molecule has 1 amide bonds. The average molecular weight is 317 g/mol. The maximum Gasteiger partial charge on any atom is 0.253 e. The van der Waals surface area contributed by atoms with Crippen molar-refractivity contribution in [3.8, 4) is 0 Å². The number of aromatic nitrogens is 1. The van der Waals surface area contributed by atoms with E-state index in [-0.39, 0.29) is 11.1 Å². The summed E-state index contributed by atoms with van der Waals surface area (Å²) in [5.41, 5.74) is 0.360. The molecule has 1 aliphatic rings. The Morgan fingerprint density at radius 1 is 1.45 bits per heavy atom. The molecule has 1 aromatic heterocycles. The van der Waals surface area contributed by atoms with E-state index in [1.807, 2.05) is 0 Å². The van der Waals surface area contributed by atoms with Gasteiger partial charge in [0.1, 0.15) is 5.15 Å². The third-order valence-corrected chi connectivity index (χ3v) is 4.05. The third-order valence-electron chi connectivity index (χ3n) is 3.55. The summed E-state index contributed by atoms with van der Waals surface area (Å²) in [5, 5.41) is 3.47. The normalized spacial score (nSPS) is 20.9. The van der Waals surface area contributed by atoms with Crippen LogP contribution in [0.15, 0.2) is 12.3 Å². The second-order valence-electron chi connectivity index (χ2n) is 5.09. The Hall–Kier alpha value is -0.880. The first-order chi connectivity index (χ1) is 9.47. The summed E-state index contributed by atoms with van der Waals surface area (Å²) < 4.78 is 0. The summed E-state index contributed by atoms with van der Waals surface area (Å²) in [5.74, 6) is -0.221. The second kappa shape index (κ2) is 6.72. The highest BCUT2D eigenvalue weighted by Gasteiger charge is 2.23. The molecular formula is C13H18Cl2N4O. The first kappa shape index (κ1) is 15.5. The molecule has 0 aliphatic carbocycles. The summed E-state index contributed by atoms with van der Waals surface area (Å²) in [4.78, 5) is 20.5. The van der Waals surface area contributed by atoms with Crippen LogP contribution in [0.1, 0.15) is 10.4 Å². The van der Waals surface area contributed by atoms with Crippen LogP contribution in [0.25, 0.3) is 0 Å². The fourth-order valence-corrected chi connectivity index (χ4v) is 2.56. The van der Waals surface area contributed by atoms with Gasteiger partial charge in [0, 0.05) is 38.4 Å². The van der Waals surface area contributed by atoms with Gasteiger partial charge in [-0.25, -0.2) is 4.98 Å². The van der Waals surface area contributed by atoms with Crippen LogP contribution < -0.4 is 5.32 Å². The number of amides is 1. The fraction of sp³-hybridized carbons (Fsp3) is 0.538. The molecule has 0 spiro atoms. The van der Waals surface area contributed by atoms with Gasteiger partial charge in [0.2, 0.25) is 0 Å². The highest BCUT2D eigenvalue weighted by atomic mass is 35.5. The zero-order valence-electron chi connectivity index (χ0n) is 11.6. The van der Waals surface area contributed by atoms with Gasteiger partial charge in [-0.05, 0) is 20.2 Å². The van der Waals surface area contributed by atoms with Crippen LogP contribution in [0.5, 0.6) is 0 Å². The Balaban J connectivity index is 1.96. The Bertz CT molecular complexity index is 497. The molecule has 110 valence electrons. The molecule has 0 saturated carbocycles. The van der Waals surface area contributed by atoms with Crippen LogP contribution in [0.4, 0.5) is 0 Å². The van der Waals surface area contributed by atoms with Gasteiger partial charge in [0.05, 0.1) is 10.6 Å². The molecule has 1 aromatic rings. The first-order valence-electron chi connectivity index (χ1n) is 6.45. The first-order valence-corrected chi connectivity index (χ1v) is 7.21. The van der Waals surface area contributed by atoms with Gasteiger partial charge in [-0.15, -0.1) is 0 Å². The lowest BCUT2D eigenvalue weighted by atomic mass is 10.1. The van der Waals surface area contributed by atoms with Crippen molar-refractivity contribution in [1.29, 1.82) is 0 Å². The number of pyridine rings is 1. The third kappa shape index (κ3) is 3.82. The Kier molecular flexibility index (Phi) is 5.21. The number of likely N-dealkylation sites (N-methyl/N-ethyl adjacent to an activating group) is 2. The summed E-state index contributed by atoms with van der Waals surface area (Å²) in [6.07, 6.45) is 1.39. The van der Waals surface area contributed by atoms with Crippen LogP contribution in [0, 0.1) is 0 Å². The van der Waals surface area contributed by atoms with E-state index in [1.54, 1.807) is 0 Å². The zero-order chi connectivity index (χ0) is 14.7. The van der Waals surface area contributed by atoms with E-state index in [0.29, 0.717) is 23.2 Å². The summed E-state index contributed by atoms with van der Waals surface area (Å²) in [7, 11) is 4.15. The molecule has 2 rings (SSSR count). The summed E-state index contributed by atoms with van der Waals surface area (Å²) >= 11 is 11.8. The van der Waals surface area contributed by atoms with Crippen LogP contribution >= 0.6 is 23.2 Å². The van der Waals surface area contributed by atoms with E-state index in [9.17, 15) is 4.79 Å². The Morgan fingerprint density at radius 2 is 2.20 bits per heavy atom. The lowest BCUT2D eigenvalue weighted by molar-refractivity contribution is 0.0881. The minimum absolute atomic E-state index is 0.221. The minimum atomic E-state index is -0.221. The van der Waals surface area contributed by atoms with Crippen molar-refractivity contribution in [2.24, 2.45) is 0 Å². The van der Waals surface area contributed by atoms with E-state index >= 15 is 0 Å². The number of rotatable bonds is 3. The van der Waals surface area contributed by atoms with E-state index < -0.39 is 0 Å². The maximum atomic E-state index is 12.1. The SMILES string of the molecule is CN1CCN(C)C(CNC(=O)c2cc(Cl)ncc2Cl)C1. The molecule has 1 aliphatic heterocycles. The van der Waals surface area contributed by atoms with Crippen molar-refractivity contribution in [2.45, 2.75) is 6.04 Å². The molecular weight excluding hydrogens is 299 g/mol. The molecule has 1 saturated heterocycles. The number of hydrogen-bond acceptors (Lipinski definition) is 4. The number of nitrogens with zero attached hydrogens (tertiary/aromatic N) is 3. The fourth-order valence-electron chi connectivity index (χ4n) is 2.21. The summed E-state index contributed by atoms with van der Waals surface area (Å²) in [6, 6.07) is 1.78. The highest BCUT2D eigenvalue weighted by molar-refractivity contribution is 6.35. The summed E-state index contributed by atoms with van der Waals surface area (Å²) in [6.45, 7) is 3.56. The smallest absolute Gasteiger partial charge is 0.253 e. The van der Waals surface area contributed by atoms with Crippen molar-refractivity contribution in [1.82, 2.24) is 20.1 Å². The molecule has 7 heteroatoms. The Labute approximate surface area is 128 Å². The van der Waals surface area contributed by atoms with Crippen molar-refractivity contribution in [2.75, 3.05) is 40.3 Å². The molecule has 0 bridgehead atoms. The van der Waals surface area contributed by atoms with Crippen molar-refractivity contribution < 1.29 is 4.79 Å². The highest BCUT2D eigenvalue weighted by Crippen LogP contribution is 2.18. The topological polar surface area (TPSA) is 48.5 Å². The number of hydrogen-bond donors (Lipinski definition) is 1. The Morgan fingerprint density at radius 3 is 2.95 bits per heavy atom. The van der Waals surface area contributed by atoms with Gasteiger partial charge in [-0.1, -0.05) is 23.2 Å². The van der Waals surface area contributed by atoms with Crippen LogP contribution in [0.3, 0.4) is 0 Å². The molecule has 2 heterocycles. The van der Waals surface area contributed by atoms with Crippen molar-refractivity contribution in [3.05, 3.63) is 28.0 Å². The van der Waals surface area contributed by atoms with Crippen LogP contribution in [-0.4, -0.2) is 67.0 Å². The largest absolute Gasteiger partial charge is 0.350 e. The molecule has 20 heavy (non-hydrogen) atoms. The number of halogens is 2. The van der Waals surface area contributed by atoms with Gasteiger partial charge >= 0.3 is 0 Å². The lowest BCUT2D eigenvalue weighted by Gasteiger charge is -2.37. The molecule has 5 nitrogen and oxygen atoms in total. The molecule has 1 atom stereocenters. The van der Waals surface area contributed by atoms with Crippen LogP contribution in [-0.2, 0) is 0 Å². The van der Waals surface area contributed by atoms with E-state index in [1.165, 1.54) is 12.3 Å². The lowest BCUT2D eigenvalue weighted by Crippen LogP contribution is -2.54. The van der Waals surface area contributed by atoms with Gasteiger partial charge in [-0.3, -0.25) is 9.69 Å². The monoisotopic (exact) mass is 316 g/mol. The molecule has 0 aromatic carbocycles. The minimum Gasteiger partial charge on any atom is -0.350 e. The van der Waals surface area contributed by atoms with E-state index in [2.05, 4.69) is 34.2 Å². The number of nitrogens with one attached hydrogen (secondary N) is 1. The quantitative estimate of drug-likeness (QED) is 0.856. The molecule has 1 N–H and O–H groups in total. The molecule has 1 fully saturated rings. The number of piperazine rings is 1. The molecule has 1 unspecified atom stereocenters. The van der Waals surface area contributed by atoms with E-state index in [0.717, 1.165) is 19.6 Å². The number of carbonyl (C=O) groups is 1. The standard InChI is InChI=1S/C13H18Cl2N4O/c1-18-3-4-19(2)9(8-18)6-17-13(20)10-5-12(15)16-7-11(10)14/h5,7,9H,3-4,6,8H2,1-2H3,(H,17,20). The predicted molar refractivity (Wildman–Crippen MR) is 80.5 cm³/mol. The maximum absolute atomic E-state index is 12.1. The van der Waals surface area contributed by atoms with Gasteiger partial charge in [0.25, 0.3) is 5.91 Å². The molecule has 0 radical (unpaired) electrons. The second-order valence-corrected chi connectivity index (χ2v) is 5.89. The van der Waals surface area contributed by atoms with Crippen LogP contribution in [0.2, 0.25) is 10.2 Å². The van der Waals surface area contributed by atoms with Gasteiger partial charge < -0.3 is 10.2 Å². The van der Waals surface area contributed by atoms with Gasteiger partial charge in [-0.2, -0.15) is 0 Å². The predicted octanol–water partition coefficient (Wildman–Crippen LogP) is 1.36. The zero-order valence-corrected chi connectivity index (χ0v) is 13.1. The average Bonchev–Trinajstić information content (AvgIpc) is 2.42. The number of carbonyl (C=O) groups excluding carboxylic acids is 1.